The Morgan fingerprint density at radius 3 is 2.83 bits per heavy atom. The predicted octanol–water partition coefficient (Wildman–Crippen LogP) is 1.79. The number of halogens is 1. The van der Waals surface area contributed by atoms with Crippen LogP contribution in [0.3, 0.4) is 0 Å². The Kier molecular flexibility index (Phi) is 2.33. The van der Waals surface area contributed by atoms with Gasteiger partial charge in [-0.2, -0.15) is 0 Å². The molecule has 2 heterocycles. The van der Waals surface area contributed by atoms with E-state index in [9.17, 15) is 0 Å². The molecule has 1 aromatic rings. The summed E-state index contributed by atoms with van der Waals surface area (Å²) in [4.78, 5) is 4.11. The van der Waals surface area contributed by atoms with Gasteiger partial charge in [-0.25, -0.2) is 4.98 Å². The number of aromatic nitrogens is 1. The smallest absolute Gasteiger partial charge is 0.213 e. The van der Waals surface area contributed by atoms with Crippen molar-refractivity contribution in [2.24, 2.45) is 0 Å². The molecule has 0 bridgehead atoms. The van der Waals surface area contributed by atoms with Crippen LogP contribution in [-0.4, -0.2) is 18.1 Å². The van der Waals surface area contributed by atoms with Crippen LogP contribution in [0.2, 0.25) is 5.22 Å². The van der Waals surface area contributed by atoms with Crippen LogP contribution >= 0.6 is 11.6 Å². The van der Waals surface area contributed by atoms with E-state index in [2.05, 4.69) is 10.3 Å². The second-order valence-electron chi connectivity index (χ2n) is 3.03. The summed E-state index contributed by atoms with van der Waals surface area (Å²) in [5.41, 5.74) is 0. The average Bonchev–Trinajstić information content (AvgIpc) is 2.54. The van der Waals surface area contributed by atoms with Gasteiger partial charge in [0.25, 0.3) is 0 Å². The number of rotatable bonds is 1. The molecular weight excluding hydrogens is 176 g/mol. The first-order valence-electron chi connectivity index (χ1n) is 4.18. The van der Waals surface area contributed by atoms with Crippen LogP contribution in [0.1, 0.15) is 24.7 Å². The fourth-order valence-electron chi connectivity index (χ4n) is 1.52. The van der Waals surface area contributed by atoms with Gasteiger partial charge in [0, 0.05) is 5.92 Å². The molecule has 0 amide bonds. The second-order valence-corrected chi connectivity index (χ2v) is 3.40. The van der Waals surface area contributed by atoms with Crippen LogP contribution < -0.4 is 5.32 Å². The fourth-order valence-corrected chi connectivity index (χ4v) is 1.65. The molecule has 12 heavy (non-hydrogen) atoms. The lowest BCUT2D eigenvalue weighted by molar-refractivity contribution is 0.375. The summed E-state index contributed by atoms with van der Waals surface area (Å²) >= 11 is 5.63. The van der Waals surface area contributed by atoms with Gasteiger partial charge in [0.1, 0.15) is 0 Å². The number of piperidine rings is 1. The number of hydrogen-bond donors (Lipinski definition) is 1. The lowest BCUT2D eigenvalue weighted by Gasteiger charge is -2.19. The Bertz CT molecular complexity index is 255. The molecule has 2 rings (SSSR count). The molecule has 66 valence electrons. The summed E-state index contributed by atoms with van der Waals surface area (Å²) in [7, 11) is 0. The fraction of sp³-hybridized carbons (Fsp3) is 0.625. The van der Waals surface area contributed by atoms with Gasteiger partial charge < -0.3 is 9.73 Å². The zero-order valence-corrected chi connectivity index (χ0v) is 7.47. The van der Waals surface area contributed by atoms with Crippen molar-refractivity contribution in [3.05, 3.63) is 17.3 Å². The minimum atomic E-state index is 0.392. The highest BCUT2D eigenvalue weighted by Gasteiger charge is 2.19. The van der Waals surface area contributed by atoms with Crippen LogP contribution in [0.25, 0.3) is 0 Å². The van der Waals surface area contributed by atoms with E-state index in [1.165, 1.54) is 0 Å². The Labute approximate surface area is 76.1 Å². The van der Waals surface area contributed by atoms with E-state index >= 15 is 0 Å². The molecule has 0 aromatic carbocycles. The quantitative estimate of drug-likeness (QED) is 0.727. The van der Waals surface area contributed by atoms with Gasteiger partial charge in [-0.3, -0.25) is 0 Å². The van der Waals surface area contributed by atoms with Crippen LogP contribution in [0.15, 0.2) is 10.6 Å². The summed E-state index contributed by atoms with van der Waals surface area (Å²) in [5.74, 6) is 1.25. The van der Waals surface area contributed by atoms with Gasteiger partial charge in [0.2, 0.25) is 5.22 Å². The minimum absolute atomic E-state index is 0.392. The SMILES string of the molecule is Clc1cnc(C2CCNCC2)o1. The van der Waals surface area contributed by atoms with Crippen LogP contribution in [-0.2, 0) is 0 Å². The van der Waals surface area contributed by atoms with Gasteiger partial charge in [-0.1, -0.05) is 0 Å². The van der Waals surface area contributed by atoms with Crippen molar-refractivity contribution in [2.45, 2.75) is 18.8 Å². The van der Waals surface area contributed by atoms with Crippen molar-refractivity contribution in [2.75, 3.05) is 13.1 Å². The molecule has 0 spiro atoms. The van der Waals surface area contributed by atoms with Crippen LogP contribution in [0.4, 0.5) is 0 Å². The van der Waals surface area contributed by atoms with Gasteiger partial charge in [-0.05, 0) is 37.5 Å². The van der Waals surface area contributed by atoms with E-state index in [4.69, 9.17) is 16.0 Å². The molecule has 1 fully saturated rings. The molecule has 0 atom stereocenters. The third-order valence-electron chi connectivity index (χ3n) is 2.18. The highest BCUT2D eigenvalue weighted by molar-refractivity contribution is 6.28. The number of hydrogen-bond acceptors (Lipinski definition) is 3. The molecule has 3 nitrogen and oxygen atoms in total. The normalized spacial score (nSPS) is 19.8. The van der Waals surface area contributed by atoms with Crippen molar-refractivity contribution >= 4 is 11.6 Å². The van der Waals surface area contributed by atoms with Gasteiger partial charge >= 0.3 is 0 Å². The molecule has 0 radical (unpaired) electrons. The number of oxazole rings is 1. The second kappa shape index (κ2) is 3.46. The molecular formula is C8H11ClN2O. The molecule has 0 aliphatic carbocycles. The molecule has 1 aliphatic heterocycles. The standard InChI is InChI=1S/C8H11ClN2O/c9-7-5-11-8(12-7)6-1-3-10-4-2-6/h5-6,10H,1-4H2. The highest BCUT2D eigenvalue weighted by Crippen LogP contribution is 2.25. The van der Waals surface area contributed by atoms with E-state index in [1.54, 1.807) is 6.20 Å². The Hall–Kier alpha value is -0.540. The lowest BCUT2D eigenvalue weighted by Crippen LogP contribution is -2.26. The first kappa shape index (κ1) is 8.08. The van der Waals surface area contributed by atoms with E-state index in [-0.39, 0.29) is 0 Å². The topological polar surface area (TPSA) is 38.1 Å². The summed E-state index contributed by atoms with van der Waals surface area (Å²) < 4.78 is 5.25. The van der Waals surface area contributed by atoms with E-state index < -0.39 is 0 Å². The maximum absolute atomic E-state index is 5.63. The van der Waals surface area contributed by atoms with Gasteiger partial charge in [0.15, 0.2) is 5.89 Å². The van der Waals surface area contributed by atoms with Gasteiger partial charge in [-0.15, -0.1) is 0 Å². The minimum Gasteiger partial charge on any atom is -0.429 e. The molecule has 1 aliphatic rings. The van der Waals surface area contributed by atoms with Crippen molar-refractivity contribution in [1.29, 1.82) is 0 Å². The molecule has 0 unspecified atom stereocenters. The maximum Gasteiger partial charge on any atom is 0.213 e. The Morgan fingerprint density at radius 1 is 1.50 bits per heavy atom. The molecule has 1 N–H and O–H groups in total. The van der Waals surface area contributed by atoms with E-state index in [1.807, 2.05) is 0 Å². The van der Waals surface area contributed by atoms with Crippen molar-refractivity contribution in [3.63, 3.8) is 0 Å². The number of nitrogens with zero attached hydrogens (tertiary/aromatic N) is 1. The average molecular weight is 187 g/mol. The first-order chi connectivity index (χ1) is 5.86. The monoisotopic (exact) mass is 186 g/mol. The molecule has 1 aromatic heterocycles. The Morgan fingerprint density at radius 2 is 2.25 bits per heavy atom. The van der Waals surface area contributed by atoms with Crippen LogP contribution in [0.5, 0.6) is 0 Å². The number of nitrogens with one attached hydrogen (secondary N) is 1. The van der Waals surface area contributed by atoms with Crippen molar-refractivity contribution < 1.29 is 4.42 Å². The molecule has 1 saturated heterocycles. The summed E-state index contributed by atoms with van der Waals surface area (Å²) in [6, 6.07) is 0. The third kappa shape index (κ3) is 1.62. The van der Waals surface area contributed by atoms with Crippen LogP contribution in [0, 0.1) is 0 Å². The maximum atomic E-state index is 5.63. The van der Waals surface area contributed by atoms with E-state index in [0.29, 0.717) is 11.1 Å². The zero-order chi connectivity index (χ0) is 8.39. The first-order valence-corrected chi connectivity index (χ1v) is 4.56. The summed E-state index contributed by atoms with van der Waals surface area (Å²) in [5, 5.41) is 3.68. The highest BCUT2D eigenvalue weighted by atomic mass is 35.5. The summed E-state index contributed by atoms with van der Waals surface area (Å²) in [6.07, 6.45) is 3.76. The molecule has 0 saturated carbocycles. The predicted molar refractivity (Wildman–Crippen MR) is 46.4 cm³/mol. The van der Waals surface area contributed by atoms with E-state index in [0.717, 1.165) is 31.8 Å². The lowest BCUT2D eigenvalue weighted by atomic mass is 9.98. The summed E-state index contributed by atoms with van der Waals surface area (Å²) in [6.45, 7) is 2.09. The third-order valence-corrected chi connectivity index (χ3v) is 2.36. The van der Waals surface area contributed by atoms with Crippen molar-refractivity contribution in [3.8, 4) is 0 Å². The largest absolute Gasteiger partial charge is 0.429 e. The molecule has 4 heteroatoms. The Balaban J connectivity index is 2.08. The zero-order valence-electron chi connectivity index (χ0n) is 6.72. The van der Waals surface area contributed by atoms with Gasteiger partial charge in [0.05, 0.1) is 6.20 Å². The van der Waals surface area contributed by atoms with Crippen molar-refractivity contribution in [1.82, 2.24) is 10.3 Å².